The van der Waals surface area contributed by atoms with Gasteiger partial charge < -0.3 is 4.74 Å². The molecule has 0 radical (unpaired) electrons. The van der Waals surface area contributed by atoms with Crippen molar-refractivity contribution in [1.29, 1.82) is 0 Å². The molecule has 1 nitrogen and oxygen atoms in total. The minimum absolute atomic E-state index is 0.897. The second-order valence-electron chi connectivity index (χ2n) is 7.98. The largest absolute Gasteiger partial charge is 0.457 e. The first-order valence-electron chi connectivity index (χ1n) is 9.60. The normalized spacial score (nSPS) is 12.9. The third kappa shape index (κ3) is 3.26. The van der Waals surface area contributed by atoms with E-state index >= 15 is 0 Å². The van der Waals surface area contributed by atoms with Gasteiger partial charge in [0.25, 0.3) is 0 Å². The van der Waals surface area contributed by atoms with E-state index < -0.39 is 8.07 Å². The predicted molar refractivity (Wildman–Crippen MR) is 118 cm³/mol. The first-order chi connectivity index (χ1) is 13.0. The van der Waals surface area contributed by atoms with Gasteiger partial charge in [0.2, 0.25) is 0 Å². The predicted octanol–water partition coefficient (Wildman–Crippen LogP) is 5.49. The molecule has 1 aliphatic carbocycles. The fraction of sp³-hybridized carbons (Fsp3) is 0.200. The molecule has 0 spiro atoms. The van der Waals surface area contributed by atoms with E-state index in [4.69, 9.17) is 4.74 Å². The average Bonchev–Trinajstić information content (AvgIpc) is 3.13. The molecule has 0 fully saturated rings. The molecule has 4 rings (SSSR count). The molecule has 0 aromatic heterocycles. The van der Waals surface area contributed by atoms with Crippen LogP contribution in [0, 0.1) is 13.8 Å². The van der Waals surface area contributed by atoms with Gasteiger partial charge in [-0.3, -0.25) is 0 Å². The third-order valence-corrected chi connectivity index (χ3v) is 9.05. The summed E-state index contributed by atoms with van der Waals surface area (Å²) >= 11 is 0. The monoisotopic (exact) mass is 370 g/mol. The van der Waals surface area contributed by atoms with E-state index in [2.05, 4.69) is 69.4 Å². The van der Waals surface area contributed by atoms with Crippen molar-refractivity contribution in [3.8, 4) is 11.5 Å². The Morgan fingerprint density at radius 1 is 0.852 bits per heavy atom. The zero-order valence-electron chi connectivity index (χ0n) is 16.5. The Morgan fingerprint density at radius 3 is 2.41 bits per heavy atom. The van der Waals surface area contributed by atoms with Crippen molar-refractivity contribution in [3.05, 3.63) is 89.0 Å². The third-order valence-electron chi connectivity index (χ3n) is 5.55. The Morgan fingerprint density at radius 2 is 1.63 bits per heavy atom. The minimum atomic E-state index is -1.95. The number of aryl methyl sites for hydroxylation is 2. The Hall–Kier alpha value is -2.58. The molecular weight excluding hydrogens is 344 g/mol. The van der Waals surface area contributed by atoms with E-state index in [1.807, 2.05) is 30.3 Å². The maximum absolute atomic E-state index is 6.44. The minimum Gasteiger partial charge on any atom is -0.457 e. The SMILES string of the molecule is Cc1cc(C)c(Oc2ccccc2)c([Si](C)(C)c2cccc3c2C=CC3)c1. The van der Waals surface area contributed by atoms with Gasteiger partial charge in [0.05, 0.1) is 0 Å². The van der Waals surface area contributed by atoms with Gasteiger partial charge in [-0.05, 0) is 59.5 Å². The van der Waals surface area contributed by atoms with Crippen LogP contribution in [0.2, 0.25) is 13.1 Å². The topological polar surface area (TPSA) is 9.23 Å². The Kier molecular flexibility index (Phi) is 4.53. The van der Waals surface area contributed by atoms with Gasteiger partial charge in [-0.2, -0.15) is 0 Å². The van der Waals surface area contributed by atoms with Gasteiger partial charge in [-0.25, -0.2) is 0 Å². The van der Waals surface area contributed by atoms with Crippen LogP contribution in [0.15, 0.2) is 66.7 Å². The summed E-state index contributed by atoms with van der Waals surface area (Å²) in [6.07, 6.45) is 5.63. The summed E-state index contributed by atoms with van der Waals surface area (Å²) in [5.74, 6) is 1.93. The Bertz CT molecular complexity index is 1020. The van der Waals surface area contributed by atoms with E-state index in [0.29, 0.717) is 0 Å². The van der Waals surface area contributed by atoms with Crippen LogP contribution in [0.3, 0.4) is 0 Å². The number of benzene rings is 3. The second kappa shape index (κ2) is 6.86. The maximum Gasteiger partial charge on any atom is 0.129 e. The first kappa shape index (κ1) is 17.8. The Labute approximate surface area is 163 Å². The standard InChI is InChI=1S/C25H26OSi/c1-18-16-19(2)25(26-21-12-6-5-7-13-21)24(17-18)27(3,4)23-15-9-11-20-10-8-14-22(20)23/h5-9,11-17H,10H2,1-4H3. The zero-order valence-corrected chi connectivity index (χ0v) is 17.5. The second-order valence-corrected chi connectivity index (χ2v) is 12.3. The van der Waals surface area contributed by atoms with Gasteiger partial charge >= 0.3 is 0 Å². The lowest BCUT2D eigenvalue weighted by molar-refractivity contribution is 0.482. The van der Waals surface area contributed by atoms with Gasteiger partial charge in [0.15, 0.2) is 0 Å². The highest BCUT2D eigenvalue weighted by molar-refractivity contribution is 7.01. The molecule has 0 amide bonds. The van der Waals surface area contributed by atoms with Crippen molar-refractivity contribution in [3.63, 3.8) is 0 Å². The van der Waals surface area contributed by atoms with Crippen molar-refractivity contribution >= 4 is 24.5 Å². The van der Waals surface area contributed by atoms with Crippen LogP contribution in [-0.4, -0.2) is 8.07 Å². The number of allylic oxidation sites excluding steroid dienone is 1. The van der Waals surface area contributed by atoms with Crippen molar-refractivity contribution in [2.24, 2.45) is 0 Å². The van der Waals surface area contributed by atoms with Crippen molar-refractivity contribution in [2.75, 3.05) is 0 Å². The van der Waals surface area contributed by atoms with Crippen LogP contribution < -0.4 is 15.1 Å². The van der Waals surface area contributed by atoms with Gasteiger partial charge in [0, 0.05) is 0 Å². The number of para-hydroxylation sites is 1. The lowest BCUT2D eigenvalue weighted by atomic mass is 10.1. The molecule has 3 aromatic carbocycles. The summed E-state index contributed by atoms with van der Waals surface area (Å²) in [5.41, 5.74) is 5.38. The summed E-state index contributed by atoms with van der Waals surface area (Å²) in [4.78, 5) is 0. The van der Waals surface area contributed by atoms with Crippen LogP contribution >= 0.6 is 0 Å². The highest BCUT2D eigenvalue weighted by Crippen LogP contribution is 2.28. The van der Waals surface area contributed by atoms with Gasteiger partial charge in [-0.1, -0.05) is 79.3 Å². The number of fused-ring (bicyclic) bond motifs is 1. The molecule has 0 N–H and O–H groups in total. The van der Waals surface area contributed by atoms with E-state index in [1.54, 1.807) is 0 Å². The summed E-state index contributed by atoms with van der Waals surface area (Å²) in [7, 11) is -1.95. The highest BCUT2D eigenvalue weighted by Gasteiger charge is 2.33. The van der Waals surface area contributed by atoms with Gasteiger partial charge in [-0.15, -0.1) is 0 Å². The van der Waals surface area contributed by atoms with Crippen LogP contribution in [0.4, 0.5) is 0 Å². The molecule has 0 saturated carbocycles. The number of hydrogen-bond acceptors (Lipinski definition) is 1. The zero-order chi connectivity index (χ0) is 19.0. The average molecular weight is 371 g/mol. The molecule has 0 atom stereocenters. The molecule has 1 aliphatic rings. The lowest BCUT2D eigenvalue weighted by Crippen LogP contribution is -2.54. The van der Waals surface area contributed by atoms with Crippen LogP contribution in [0.5, 0.6) is 11.5 Å². The fourth-order valence-corrected chi connectivity index (χ4v) is 7.27. The molecule has 27 heavy (non-hydrogen) atoms. The maximum atomic E-state index is 6.44. The van der Waals surface area contributed by atoms with E-state index in [-0.39, 0.29) is 0 Å². The lowest BCUT2D eigenvalue weighted by Gasteiger charge is -2.29. The smallest absolute Gasteiger partial charge is 0.129 e. The fourth-order valence-electron chi connectivity index (χ4n) is 4.14. The highest BCUT2D eigenvalue weighted by atomic mass is 28.3. The number of rotatable bonds is 4. The molecule has 0 unspecified atom stereocenters. The number of hydrogen-bond donors (Lipinski definition) is 0. The molecule has 3 aromatic rings. The van der Waals surface area contributed by atoms with E-state index in [1.165, 1.54) is 32.6 Å². The molecular formula is C25H26OSi. The quantitative estimate of drug-likeness (QED) is 0.552. The molecule has 0 bridgehead atoms. The van der Waals surface area contributed by atoms with Gasteiger partial charge in [0.1, 0.15) is 19.6 Å². The van der Waals surface area contributed by atoms with Crippen molar-refractivity contribution in [2.45, 2.75) is 33.4 Å². The van der Waals surface area contributed by atoms with Crippen molar-refractivity contribution < 1.29 is 4.74 Å². The van der Waals surface area contributed by atoms with Crippen LogP contribution in [-0.2, 0) is 6.42 Å². The summed E-state index contributed by atoms with van der Waals surface area (Å²) < 4.78 is 6.44. The molecule has 0 heterocycles. The summed E-state index contributed by atoms with van der Waals surface area (Å²) in [6, 6.07) is 21.5. The summed E-state index contributed by atoms with van der Waals surface area (Å²) in [5, 5.41) is 2.87. The van der Waals surface area contributed by atoms with E-state index in [9.17, 15) is 0 Å². The summed E-state index contributed by atoms with van der Waals surface area (Å²) in [6.45, 7) is 9.23. The molecule has 136 valence electrons. The van der Waals surface area contributed by atoms with E-state index in [0.717, 1.165) is 17.9 Å². The Balaban J connectivity index is 1.88. The molecule has 0 aliphatic heterocycles. The van der Waals surface area contributed by atoms with Crippen LogP contribution in [0.25, 0.3) is 6.08 Å². The first-order valence-corrected chi connectivity index (χ1v) is 12.6. The molecule has 2 heteroatoms. The van der Waals surface area contributed by atoms with Crippen molar-refractivity contribution in [1.82, 2.24) is 0 Å². The van der Waals surface area contributed by atoms with Crippen LogP contribution in [0.1, 0.15) is 22.3 Å². The molecule has 0 saturated heterocycles. The number of ether oxygens (including phenoxy) is 1.